The summed E-state index contributed by atoms with van der Waals surface area (Å²) in [6.45, 7) is 4.68. The van der Waals surface area contributed by atoms with Gasteiger partial charge in [0, 0.05) is 24.2 Å². The number of amides is 1. The normalized spacial score (nSPS) is 22.2. The van der Waals surface area contributed by atoms with E-state index in [1.807, 2.05) is 0 Å². The van der Waals surface area contributed by atoms with Crippen molar-refractivity contribution in [3.8, 4) is 0 Å². The highest BCUT2D eigenvalue weighted by molar-refractivity contribution is 7.89. The Morgan fingerprint density at radius 1 is 1.40 bits per heavy atom. The number of benzene rings is 1. The van der Waals surface area contributed by atoms with E-state index in [0.717, 1.165) is 12.8 Å². The number of carbonyl (C=O) groups is 1. The van der Waals surface area contributed by atoms with Crippen molar-refractivity contribution in [2.75, 3.05) is 13.1 Å². The van der Waals surface area contributed by atoms with E-state index in [2.05, 4.69) is 11.6 Å². The largest absolute Gasteiger partial charge is 0.337 e. The van der Waals surface area contributed by atoms with Crippen molar-refractivity contribution in [1.82, 2.24) is 9.62 Å². The van der Waals surface area contributed by atoms with Gasteiger partial charge in [0.2, 0.25) is 15.9 Å². The number of carbonyl (C=O) groups excluding carboxylic acids is 1. The number of hydrogen-bond acceptors (Lipinski definition) is 4. The predicted octanol–water partition coefficient (Wildman–Crippen LogP) is 2.01. The molecule has 1 fully saturated rings. The van der Waals surface area contributed by atoms with E-state index < -0.39 is 16.1 Å². The first-order valence-electron chi connectivity index (χ1n) is 8.03. The summed E-state index contributed by atoms with van der Waals surface area (Å²) in [7, 11) is -3.78. The van der Waals surface area contributed by atoms with Crippen molar-refractivity contribution >= 4 is 39.9 Å². The molecule has 1 aromatic rings. The van der Waals surface area contributed by atoms with Crippen LogP contribution in [0.2, 0.25) is 5.02 Å². The molecule has 3 atom stereocenters. The summed E-state index contributed by atoms with van der Waals surface area (Å²) in [5.74, 6) is 0.276. The predicted molar refractivity (Wildman–Crippen MR) is 101 cm³/mol. The summed E-state index contributed by atoms with van der Waals surface area (Å²) in [6.07, 6.45) is 1.75. The maximum atomic E-state index is 12.7. The number of likely N-dealkylation sites (tertiary alicyclic amines) is 1. The molecule has 3 unspecified atom stereocenters. The van der Waals surface area contributed by atoms with E-state index >= 15 is 0 Å². The molecule has 25 heavy (non-hydrogen) atoms. The van der Waals surface area contributed by atoms with E-state index in [9.17, 15) is 13.2 Å². The lowest BCUT2D eigenvalue weighted by Gasteiger charge is -2.39. The number of nitrogens with zero attached hydrogens (tertiary/aromatic N) is 1. The summed E-state index contributed by atoms with van der Waals surface area (Å²) in [6, 6.07) is 4.93. The molecule has 0 spiro atoms. The average Bonchev–Trinajstić information content (AvgIpc) is 2.54. The molecule has 9 heteroatoms. The van der Waals surface area contributed by atoms with Crippen LogP contribution >= 0.6 is 24.0 Å². The second kappa shape index (κ2) is 9.19. The highest BCUT2D eigenvalue weighted by Gasteiger charge is 2.33. The molecule has 0 saturated carbocycles. The van der Waals surface area contributed by atoms with Gasteiger partial charge in [-0.2, -0.15) is 4.72 Å². The SMILES string of the molecule is CC1CCN(C(=O)C(C)NS(=O)(=O)c2ccc(Cl)cc2)C(CN)C1.Cl. The van der Waals surface area contributed by atoms with Crippen LogP contribution in [0.4, 0.5) is 0 Å². The molecule has 1 aliphatic heterocycles. The molecule has 1 heterocycles. The number of rotatable bonds is 5. The van der Waals surface area contributed by atoms with E-state index in [0.29, 0.717) is 24.0 Å². The van der Waals surface area contributed by atoms with Crippen LogP contribution in [0.15, 0.2) is 29.2 Å². The molecular weight excluding hydrogens is 385 g/mol. The van der Waals surface area contributed by atoms with E-state index in [1.165, 1.54) is 24.3 Å². The van der Waals surface area contributed by atoms with Gasteiger partial charge in [0.05, 0.1) is 10.9 Å². The molecule has 6 nitrogen and oxygen atoms in total. The van der Waals surface area contributed by atoms with Crippen molar-refractivity contribution < 1.29 is 13.2 Å². The molecule has 1 amide bonds. The Morgan fingerprint density at radius 2 is 2.00 bits per heavy atom. The second-order valence-corrected chi connectivity index (χ2v) is 8.50. The summed E-state index contributed by atoms with van der Waals surface area (Å²) < 4.78 is 27.2. The van der Waals surface area contributed by atoms with Gasteiger partial charge in [0.1, 0.15) is 0 Å². The number of nitrogens with two attached hydrogens (primary N) is 1. The van der Waals surface area contributed by atoms with Gasteiger partial charge < -0.3 is 10.6 Å². The first-order valence-corrected chi connectivity index (χ1v) is 9.89. The van der Waals surface area contributed by atoms with Gasteiger partial charge >= 0.3 is 0 Å². The van der Waals surface area contributed by atoms with Gasteiger partial charge in [-0.3, -0.25) is 4.79 Å². The Labute approximate surface area is 160 Å². The number of nitrogens with one attached hydrogen (secondary N) is 1. The minimum Gasteiger partial charge on any atom is -0.337 e. The van der Waals surface area contributed by atoms with Gasteiger partial charge in [-0.15, -0.1) is 12.4 Å². The molecule has 1 saturated heterocycles. The fourth-order valence-electron chi connectivity index (χ4n) is 2.98. The van der Waals surface area contributed by atoms with Crippen molar-refractivity contribution in [2.45, 2.75) is 43.7 Å². The molecule has 0 radical (unpaired) electrons. The average molecular weight is 410 g/mol. The van der Waals surface area contributed by atoms with Crippen LogP contribution in [0, 0.1) is 5.92 Å². The molecule has 142 valence electrons. The molecule has 0 aliphatic carbocycles. The Kier molecular flexibility index (Phi) is 8.15. The number of halogens is 2. The summed E-state index contributed by atoms with van der Waals surface area (Å²) in [5, 5.41) is 0.450. The molecule has 3 N–H and O–H groups in total. The van der Waals surface area contributed by atoms with Gasteiger partial charge in [-0.05, 0) is 49.9 Å². The van der Waals surface area contributed by atoms with E-state index in [-0.39, 0.29) is 29.3 Å². The lowest BCUT2D eigenvalue weighted by molar-refractivity contribution is -0.136. The topological polar surface area (TPSA) is 92.5 Å². The maximum Gasteiger partial charge on any atom is 0.241 e. The first kappa shape index (κ1) is 22.2. The Morgan fingerprint density at radius 3 is 2.56 bits per heavy atom. The quantitative estimate of drug-likeness (QED) is 0.777. The molecule has 1 aromatic carbocycles. The van der Waals surface area contributed by atoms with Gasteiger partial charge in [-0.25, -0.2) is 8.42 Å². The van der Waals surface area contributed by atoms with Gasteiger partial charge in [0.15, 0.2) is 0 Å². The maximum absolute atomic E-state index is 12.7. The molecule has 2 rings (SSSR count). The zero-order valence-electron chi connectivity index (χ0n) is 14.3. The molecule has 0 bridgehead atoms. The van der Waals surface area contributed by atoms with Crippen LogP contribution in [-0.2, 0) is 14.8 Å². The third kappa shape index (κ3) is 5.56. The minimum absolute atomic E-state index is 0. The van der Waals surface area contributed by atoms with Gasteiger partial charge in [-0.1, -0.05) is 18.5 Å². The Hall–Kier alpha value is -0.860. The van der Waals surface area contributed by atoms with Crippen LogP contribution in [0.3, 0.4) is 0 Å². The van der Waals surface area contributed by atoms with Crippen molar-refractivity contribution in [2.24, 2.45) is 11.7 Å². The van der Waals surface area contributed by atoms with Crippen molar-refractivity contribution in [3.05, 3.63) is 29.3 Å². The lowest BCUT2D eigenvalue weighted by Crippen LogP contribution is -2.55. The lowest BCUT2D eigenvalue weighted by atomic mass is 9.92. The van der Waals surface area contributed by atoms with Crippen LogP contribution in [0.25, 0.3) is 0 Å². The van der Waals surface area contributed by atoms with Gasteiger partial charge in [0.25, 0.3) is 0 Å². The fourth-order valence-corrected chi connectivity index (χ4v) is 4.30. The number of hydrogen-bond donors (Lipinski definition) is 2. The molecule has 0 aromatic heterocycles. The van der Waals surface area contributed by atoms with Crippen molar-refractivity contribution in [1.29, 1.82) is 0 Å². The number of piperidine rings is 1. The van der Waals surface area contributed by atoms with Crippen molar-refractivity contribution in [3.63, 3.8) is 0 Å². The van der Waals surface area contributed by atoms with Crippen LogP contribution in [0.5, 0.6) is 0 Å². The second-order valence-electron chi connectivity index (χ2n) is 6.35. The van der Waals surface area contributed by atoms with Crippen LogP contribution in [0.1, 0.15) is 26.7 Å². The Balaban J connectivity index is 0.00000312. The molecular formula is C16H25Cl2N3O3S. The van der Waals surface area contributed by atoms with E-state index in [1.54, 1.807) is 11.8 Å². The zero-order valence-corrected chi connectivity index (χ0v) is 16.7. The fraction of sp³-hybridized carbons (Fsp3) is 0.562. The minimum atomic E-state index is -3.78. The Bertz CT molecular complexity index is 682. The zero-order chi connectivity index (χ0) is 17.9. The van der Waals surface area contributed by atoms with E-state index in [4.69, 9.17) is 17.3 Å². The highest BCUT2D eigenvalue weighted by Crippen LogP contribution is 2.23. The third-order valence-electron chi connectivity index (χ3n) is 4.36. The van der Waals surface area contributed by atoms with Crippen LogP contribution < -0.4 is 10.5 Å². The third-order valence-corrected chi connectivity index (χ3v) is 6.17. The smallest absolute Gasteiger partial charge is 0.241 e. The summed E-state index contributed by atoms with van der Waals surface area (Å²) in [5.41, 5.74) is 5.78. The first-order chi connectivity index (χ1) is 11.2. The highest BCUT2D eigenvalue weighted by atomic mass is 35.5. The standard InChI is InChI=1S/C16H24ClN3O3S.ClH/c1-11-7-8-20(14(9-11)10-18)16(21)12(2)19-24(22,23)15-5-3-13(17)4-6-15;/h3-6,11-12,14,19H,7-10,18H2,1-2H3;1H. The molecule has 1 aliphatic rings. The summed E-state index contributed by atoms with van der Waals surface area (Å²) >= 11 is 5.78. The monoisotopic (exact) mass is 409 g/mol. The number of sulfonamides is 1. The van der Waals surface area contributed by atoms with Crippen LogP contribution in [-0.4, -0.2) is 44.4 Å². The summed E-state index contributed by atoms with van der Waals surface area (Å²) in [4.78, 5) is 14.4.